The van der Waals surface area contributed by atoms with E-state index in [0.29, 0.717) is 26.1 Å². The van der Waals surface area contributed by atoms with Gasteiger partial charge in [0.25, 0.3) is 0 Å². The van der Waals surface area contributed by atoms with E-state index < -0.39 is 81.6 Å². The maximum Gasteiger partial charge on any atom is 0.315 e. The number of likely N-dealkylation sites (tertiary alicyclic amines) is 1. The largest absolute Gasteiger partial charge is 0.376 e. The summed E-state index contributed by atoms with van der Waals surface area (Å²) in [5.41, 5.74) is -0.384. The summed E-state index contributed by atoms with van der Waals surface area (Å²) in [4.78, 5) is 57.2. The van der Waals surface area contributed by atoms with Gasteiger partial charge >= 0.3 is 6.03 Å². The zero-order valence-corrected chi connectivity index (χ0v) is 35.7. The second kappa shape index (κ2) is 19.9. The van der Waals surface area contributed by atoms with Crippen LogP contribution in [0.4, 0.5) is 13.6 Å². The Morgan fingerprint density at radius 2 is 1.59 bits per heavy atom. The van der Waals surface area contributed by atoms with Gasteiger partial charge in [0.05, 0.1) is 19.5 Å². The molecule has 1 aromatic rings. The molecule has 7 atom stereocenters. The first kappa shape index (κ1) is 47.0. The molecule has 1 saturated carbocycles. The number of carbonyl (C=O) groups is 4. The lowest BCUT2D eigenvalue weighted by atomic mass is 9.84. The SMILES string of the molecule is CC(C)C1CCN(C(=O)[C@@H](NC(=O)N[C@H](CN(C)S(C)(=O)=O)C(C)(C)C)C(C)(C)C)[C@@H]1C(=O)N[C@@H](CC(F)F)C(=O)N[C@@H]1CCC[C@H]1COCc1ccccc1. The molecule has 4 N–H and O–H groups in total. The predicted octanol–water partition coefficient (Wildman–Crippen LogP) is 4.52. The number of nitrogens with zero attached hydrogens (tertiary/aromatic N) is 2. The van der Waals surface area contributed by atoms with E-state index in [4.69, 9.17) is 4.74 Å². The van der Waals surface area contributed by atoms with E-state index in [1.54, 1.807) is 20.8 Å². The van der Waals surface area contributed by atoms with Gasteiger partial charge in [0.15, 0.2) is 0 Å². The third-order valence-corrected chi connectivity index (χ3v) is 12.4. The Morgan fingerprint density at radius 3 is 2.14 bits per heavy atom. The fourth-order valence-electron chi connectivity index (χ4n) is 7.45. The third kappa shape index (κ3) is 13.6. The minimum Gasteiger partial charge on any atom is -0.376 e. The van der Waals surface area contributed by atoms with Crippen molar-refractivity contribution in [3.05, 3.63) is 35.9 Å². The molecular weight excluding hydrogens is 747 g/mol. The summed E-state index contributed by atoms with van der Waals surface area (Å²) in [6, 6.07) is 4.31. The maximum atomic E-state index is 14.4. The zero-order chi connectivity index (χ0) is 42.2. The van der Waals surface area contributed by atoms with Gasteiger partial charge in [-0.1, -0.05) is 92.1 Å². The molecule has 0 bridgehead atoms. The number of carbonyl (C=O) groups excluding carboxylic acids is 4. The van der Waals surface area contributed by atoms with Gasteiger partial charge in [0, 0.05) is 44.6 Å². The molecule has 56 heavy (non-hydrogen) atoms. The fourth-order valence-corrected chi connectivity index (χ4v) is 7.87. The van der Waals surface area contributed by atoms with Crippen LogP contribution < -0.4 is 21.3 Å². The molecule has 318 valence electrons. The van der Waals surface area contributed by atoms with E-state index >= 15 is 0 Å². The van der Waals surface area contributed by atoms with Crippen LogP contribution in [0.2, 0.25) is 0 Å². The van der Waals surface area contributed by atoms with Gasteiger partial charge in [-0.25, -0.2) is 26.3 Å². The van der Waals surface area contributed by atoms with Gasteiger partial charge in [-0.2, -0.15) is 0 Å². The van der Waals surface area contributed by atoms with Gasteiger partial charge in [-0.3, -0.25) is 14.4 Å². The number of nitrogens with one attached hydrogen (secondary N) is 4. The number of rotatable bonds is 17. The molecular formula is C40H66F2N6O7S. The first-order chi connectivity index (χ1) is 25.9. The highest BCUT2D eigenvalue weighted by Gasteiger charge is 2.48. The molecule has 5 amide bonds. The van der Waals surface area contributed by atoms with Crippen LogP contribution in [-0.4, -0.2) is 111 Å². The van der Waals surface area contributed by atoms with Gasteiger partial charge in [0.2, 0.25) is 34.2 Å². The first-order valence-electron chi connectivity index (χ1n) is 19.7. The summed E-state index contributed by atoms with van der Waals surface area (Å²) in [5, 5.41) is 11.1. The number of amides is 5. The second-order valence-corrected chi connectivity index (χ2v) is 20.1. The molecule has 0 spiro atoms. The van der Waals surface area contributed by atoms with Crippen molar-refractivity contribution in [3.8, 4) is 0 Å². The van der Waals surface area contributed by atoms with Crippen molar-refractivity contribution in [3.63, 3.8) is 0 Å². The molecule has 2 fully saturated rings. The molecule has 1 aliphatic carbocycles. The van der Waals surface area contributed by atoms with Crippen LogP contribution >= 0.6 is 0 Å². The molecule has 1 saturated heterocycles. The highest BCUT2D eigenvalue weighted by atomic mass is 32.2. The Morgan fingerprint density at radius 1 is 0.946 bits per heavy atom. The summed E-state index contributed by atoms with van der Waals surface area (Å²) in [6.07, 6.45) is 0.0303. The monoisotopic (exact) mass is 812 g/mol. The van der Waals surface area contributed by atoms with Crippen molar-refractivity contribution >= 4 is 33.8 Å². The number of hydrogen-bond donors (Lipinski definition) is 4. The van der Waals surface area contributed by atoms with E-state index in [0.717, 1.165) is 29.0 Å². The molecule has 16 heteroatoms. The van der Waals surface area contributed by atoms with Crippen LogP contribution in [0.25, 0.3) is 0 Å². The summed E-state index contributed by atoms with van der Waals surface area (Å²) in [7, 11) is -2.12. The Labute approximate surface area is 332 Å². The molecule has 1 aliphatic heterocycles. The second-order valence-electron chi connectivity index (χ2n) is 18.0. The predicted molar refractivity (Wildman–Crippen MR) is 212 cm³/mol. The highest BCUT2D eigenvalue weighted by molar-refractivity contribution is 7.88. The van der Waals surface area contributed by atoms with Crippen molar-refractivity contribution < 1.29 is 41.1 Å². The molecule has 13 nitrogen and oxygen atoms in total. The number of halogens is 2. The smallest absolute Gasteiger partial charge is 0.315 e. The van der Waals surface area contributed by atoms with Gasteiger partial charge in [-0.05, 0) is 47.5 Å². The summed E-state index contributed by atoms with van der Waals surface area (Å²) >= 11 is 0. The van der Waals surface area contributed by atoms with Crippen LogP contribution in [-0.2, 0) is 35.8 Å². The average molecular weight is 813 g/mol. The normalized spacial score (nSPS) is 22.2. The zero-order valence-electron chi connectivity index (χ0n) is 34.9. The molecule has 1 aromatic carbocycles. The van der Waals surface area contributed by atoms with Crippen molar-refractivity contribution in [2.45, 2.75) is 131 Å². The average Bonchev–Trinajstić information content (AvgIpc) is 3.72. The lowest BCUT2D eigenvalue weighted by molar-refractivity contribution is -0.144. The first-order valence-corrected chi connectivity index (χ1v) is 21.5. The number of benzene rings is 1. The Kier molecular flexibility index (Phi) is 16.7. The van der Waals surface area contributed by atoms with E-state index in [9.17, 15) is 36.4 Å². The van der Waals surface area contributed by atoms with Gasteiger partial charge in [-0.15, -0.1) is 0 Å². The fraction of sp³-hybridized carbons (Fsp3) is 0.750. The quantitative estimate of drug-likeness (QED) is 0.180. The Balaban J connectivity index is 1.78. The van der Waals surface area contributed by atoms with Crippen molar-refractivity contribution in [1.82, 2.24) is 30.5 Å². The number of likely N-dealkylation sites (N-methyl/N-ethyl adjacent to an activating group) is 1. The van der Waals surface area contributed by atoms with Crippen LogP contribution in [0.5, 0.6) is 0 Å². The van der Waals surface area contributed by atoms with Crippen LogP contribution in [0, 0.1) is 28.6 Å². The highest BCUT2D eigenvalue weighted by Crippen LogP contribution is 2.34. The number of sulfonamides is 1. The molecule has 1 heterocycles. The van der Waals surface area contributed by atoms with Crippen LogP contribution in [0.3, 0.4) is 0 Å². The minimum atomic E-state index is -3.54. The van der Waals surface area contributed by atoms with Crippen molar-refractivity contribution in [1.29, 1.82) is 0 Å². The van der Waals surface area contributed by atoms with Crippen molar-refractivity contribution in [2.24, 2.45) is 28.6 Å². The number of urea groups is 1. The van der Waals surface area contributed by atoms with Crippen LogP contribution in [0.1, 0.15) is 93.1 Å². The lowest BCUT2D eigenvalue weighted by Gasteiger charge is -2.38. The Bertz CT molecular complexity index is 1590. The maximum absolute atomic E-state index is 14.4. The standard InChI is InChI=1S/C40H66F2N6O7S/c1-25(2)28-19-20-48(37(51)34(40(6,7)8)46-38(52)45-31(39(3,4)5)22-47(9)56(10,53)54)33(28)36(50)44-30(21-32(41)42)35(49)43-29-18-14-17-27(29)24-55-23-26-15-12-11-13-16-26/h11-13,15-16,25,27-34H,14,17-24H2,1-10H3,(H,43,49)(H,44,50)(H2,45,46,52)/t27-,28?,29+,30-,31+,33-,34+/m0/s1. The molecule has 2 aliphatic rings. The summed E-state index contributed by atoms with van der Waals surface area (Å²) < 4.78 is 59.3. The third-order valence-electron chi connectivity index (χ3n) is 11.1. The molecule has 1 unspecified atom stereocenters. The minimum absolute atomic E-state index is 0.00881. The molecule has 3 rings (SSSR count). The van der Waals surface area contributed by atoms with Crippen molar-refractivity contribution in [2.75, 3.05) is 33.0 Å². The topological polar surface area (TPSA) is 166 Å². The van der Waals surface area contributed by atoms with Gasteiger partial charge < -0.3 is 30.9 Å². The van der Waals surface area contributed by atoms with E-state index in [1.165, 1.54) is 11.9 Å². The van der Waals surface area contributed by atoms with E-state index in [1.807, 2.05) is 65.0 Å². The van der Waals surface area contributed by atoms with E-state index in [-0.39, 0.29) is 36.9 Å². The Hall–Kier alpha value is -3.37. The number of hydrogen-bond acceptors (Lipinski definition) is 7. The number of alkyl halides is 2. The van der Waals surface area contributed by atoms with Gasteiger partial charge in [0.1, 0.15) is 18.1 Å². The number of ether oxygens (including phenoxy) is 1. The van der Waals surface area contributed by atoms with Crippen LogP contribution in [0.15, 0.2) is 30.3 Å². The summed E-state index contributed by atoms with van der Waals surface area (Å²) in [6.45, 7) is 15.7. The lowest BCUT2D eigenvalue weighted by Crippen LogP contribution is -2.62. The van der Waals surface area contributed by atoms with E-state index in [2.05, 4.69) is 21.3 Å². The molecule has 0 aromatic heterocycles. The summed E-state index contributed by atoms with van der Waals surface area (Å²) in [5.74, 6) is -2.39. The molecule has 0 radical (unpaired) electrons.